The van der Waals surface area contributed by atoms with E-state index in [4.69, 9.17) is 0 Å². The van der Waals surface area contributed by atoms with Crippen LogP contribution in [0.2, 0.25) is 0 Å². The van der Waals surface area contributed by atoms with Gasteiger partial charge in [0.15, 0.2) is 0 Å². The molecule has 0 saturated heterocycles. The van der Waals surface area contributed by atoms with Crippen molar-refractivity contribution < 1.29 is 5.11 Å². The minimum absolute atomic E-state index is 0.260. The van der Waals surface area contributed by atoms with E-state index in [-0.39, 0.29) is 6.04 Å². The molecule has 24 heavy (non-hydrogen) atoms. The lowest BCUT2D eigenvalue weighted by molar-refractivity contribution is 0.477. The summed E-state index contributed by atoms with van der Waals surface area (Å²) in [6.07, 6.45) is 0.893. The van der Waals surface area contributed by atoms with Gasteiger partial charge in [0.05, 0.1) is 0 Å². The molecule has 2 rings (SSSR count). The third-order valence-electron chi connectivity index (χ3n) is 4.66. The minimum atomic E-state index is 0.260. The number of aryl methyl sites for hydroxylation is 1. The van der Waals surface area contributed by atoms with Crippen LogP contribution in [0.4, 0.5) is 0 Å². The first-order valence-electron chi connectivity index (χ1n) is 8.59. The molecule has 0 saturated carbocycles. The molecule has 1 atom stereocenters. The van der Waals surface area contributed by atoms with Crippen LogP contribution in [0, 0.1) is 6.92 Å². The Kier molecular flexibility index (Phi) is 5.84. The fourth-order valence-electron chi connectivity index (χ4n) is 2.97. The second-order valence-electron chi connectivity index (χ2n) is 6.97. The Morgan fingerprint density at radius 1 is 1.12 bits per heavy atom. The molecule has 0 heterocycles. The molecular weight excluding hydrogens is 294 g/mol. The van der Waals surface area contributed by atoms with Crippen LogP contribution >= 0.6 is 0 Å². The summed E-state index contributed by atoms with van der Waals surface area (Å²) in [6, 6.07) is 12.7. The van der Waals surface area contributed by atoms with Gasteiger partial charge in [-0.25, -0.2) is 0 Å². The predicted octanol–water partition coefficient (Wildman–Crippen LogP) is 5.20. The highest BCUT2D eigenvalue weighted by molar-refractivity contribution is 5.74. The molecule has 2 heteroatoms. The monoisotopic (exact) mass is 323 g/mol. The van der Waals surface area contributed by atoms with E-state index in [1.165, 1.54) is 16.7 Å². The summed E-state index contributed by atoms with van der Waals surface area (Å²) < 4.78 is 0. The van der Waals surface area contributed by atoms with Crippen molar-refractivity contribution >= 4 is 0 Å². The number of rotatable bonds is 6. The van der Waals surface area contributed by atoms with Gasteiger partial charge in [-0.3, -0.25) is 0 Å². The van der Waals surface area contributed by atoms with Crippen molar-refractivity contribution in [2.24, 2.45) is 0 Å². The van der Waals surface area contributed by atoms with E-state index >= 15 is 0 Å². The summed E-state index contributed by atoms with van der Waals surface area (Å²) >= 11 is 0. The topological polar surface area (TPSA) is 32.3 Å². The van der Waals surface area contributed by atoms with Crippen LogP contribution in [0.15, 0.2) is 48.6 Å². The Hall–Kier alpha value is -2.06. The van der Waals surface area contributed by atoms with E-state index in [0.717, 1.165) is 23.1 Å². The molecule has 0 aliphatic rings. The van der Waals surface area contributed by atoms with E-state index in [1.807, 2.05) is 20.0 Å². The van der Waals surface area contributed by atoms with Crippen LogP contribution in [0.25, 0.3) is 11.1 Å². The van der Waals surface area contributed by atoms with Crippen LogP contribution in [-0.4, -0.2) is 18.2 Å². The fraction of sp³-hybridized carbons (Fsp3) is 0.364. The van der Waals surface area contributed by atoms with Gasteiger partial charge in [0.1, 0.15) is 5.75 Å². The maximum atomic E-state index is 10.4. The number of benzene rings is 2. The number of nitrogens with one attached hydrogen (secondary N) is 1. The summed E-state index contributed by atoms with van der Waals surface area (Å²) in [6.45, 7) is 12.5. The Bertz CT molecular complexity index is 731. The molecule has 0 aliphatic heterocycles. The summed E-state index contributed by atoms with van der Waals surface area (Å²) in [4.78, 5) is 0. The average Bonchev–Trinajstić information content (AvgIpc) is 2.54. The summed E-state index contributed by atoms with van der Waals surface area (Å²) in [5.41, 5.74) is 6.80. The van der Waals surface area contributed by atoms with Gasteiger partial charge < -0.3 is 10.4 Å². The third kappa shape index (κ3) is 4.07. The van der Waals surface area contributed by atoms with Gasteiger partial charge in [-0.05, 0) is 67.6 Å². The average molecular weight is 323 g/mol. The number of aromatic hydroxyl groups is 1. The fourth-order valence-corrected chi connectivity index (χ4v) is 2.97. The zero-order chi connectivity index (χ0) is 17.9. The van der Waals surface area contributed by atoms with Crippen molar-refractivity contribution in [3.8, 4) is 16.9 Å². The van der Waals surface area contributed by atoms with E-state index in [0.29, 0.717) is 11.7 Å². The maximum absolute atomic E-state index is 10.4. The Morgan fingerprint density at radius 2 is 1.83 bits per heavy atom. The lowest BCUT2D eigenvalue weighted by Crippen LogP contribution is -2.28. The molecule has 2 aromatic rings. The molecule has 2 nitrogen and oxygen atoms in total. The Morgan fingerprint density at radius 3 is 2.42 bits per heavy atom. The molecule has 0 bridgehead atoms. The number of likely N-dealkylation sites (N-methyl/N-ethyl adjacent to an activating group) is 1. The standard InChI is InChI=1S/C22H29NO/c1-14(2)18-9-10-22(24)20(13-18)19-11-17(8-7-16(19)5)12-21(23-6)15(3)4/h7-11,13-14,21,23-24H,3,12H2,1-2,4-6H3. The molecule has 128 valence electrons. The highest BCUT2D eigenvalue weighted by atomic mass is 16.3. The minimum Gasteiger partial charge on any atom is -0.507 e. The summed E-state index contributed by atoms with van der Waals surface area (Å²) in [7, 11) is 1.96. The van der Waals surface area contributed by atoms with Crippen molar-refractivity contribution in [2.45, 2.75) is 46.1 Å². The van der Waals surface area contributed by atoms with Gasteiger partial charge in [-0.1, -0.05) is 50.3 Å². The zero-order valence-corrected chi connectivity index (χ0v) is 15.5. The summed E-state index contributed by atoms with van der Waals surface area (Å²) in [5.74, 6) is 0.773. The molecular formula is C22H29NO. The van der Waals surface area contributed by atoms with Gasteiger partial charge in [-0.2, -0.15) is 0 Å². The van der Waals surface area contributed by atoms with E-state index < -0.39 is 0 Å². The van der Waals surface area contributed by atoms with Crippen molar-refractivity contribution in [2.75, 3.05) is 7.05 Å². The molecule has 0 fully saturated rings. The number of phenols is 1. The lowest BCUT2D eigenvalue weighted by Gasteiger charge is -2.18. The number of phenolic OH excluding ortho intramolecular Hbond substituents is 1. The zero-order valence-electron chi connectivity index (χ0n) is 15.5. The van der Waals surface area contributed by atoms with Crippen LogP contribution in [0.5, 0.6) is 5.75 Å². The van der Waals surface area contributed by atoms with Crippen LogP contribution < -0.4 is 5.32 Å². The highest BCUT2D eigenvalue weighted by Gasteiger charge is 2.13. The Balaban J connectivity index is 2.46. The first kappa shape index (κ1) is 18.3. The molecule has 0 spiro atoms. The maximum Gasteiger partial charge on any atom is 0.123 e. The highest BCUT2D eigenvalue weighted by Crippen LogP contribution is 2.34. The molecule has 0 aromatic heterocycles. The van der Waals surface area contributed by atoms with E-state index in [2.05, 4.69) is 56.9 Å². The second kappa shape index (κ2) is 7.67. The van der Waals surface area contributed by atoms with Crippen molar-refractivity contribution in [3.05, 3.63) is 65.2 Å². The van der Waals surface area contributed by atoms with E-state index in [1.54, 1.807) is 6.07 Å². The number of hydrogen-bond acceptors (Lipinski definition) is 2. The largest absolute Gasteiger partial charge is 0.507 e. The summed E-state index contributed by atoms with van der Waals surface area (Å²) in [5, 5.41) is 13.7. The molecule has 0 amide bonds. The smallest absolute Gasteiger partial charge is 0.123 e. The van der Waals surface area contributed by atoms with Gasteiger partial charge in [-0.15, -0.1) is 0 Å². The Labute approximate surface area is 146 Å². The van der Waals surface area contributed by atoms with Gasteiger partial charge in [0.25, 0.3) is 0 Å². The van der Waals surface area contributed by atoms with Crippen molar-refractivity contribution in [1.82, 2.24) is 5.32 Å². The molecule has 1 unspecified atom stereocenters. The van der Waals surface area contributed by atoms with Crippen molar-refractivity contribution in [3.63, 3.8) is 0 Å². The van der Waals surface area contributed by atoms with Crippen LogP contribution in [0.3, 0.4) is 0 Å². The predicted molar refractivity (Wildman–Crippen MR) is 104 cm³/mol. The number of hydrogen-bond donors (Lipinski definition) is 2. The van der Waals surface area contributed by atoms with E-state index in [9.17, 15) is 5.11 Å². The lowest BCUT2D eigenvalue weighted by atomic mass is 9.91. The molecule has 0 radical (unpaired) electrons. The molecule has 2 N–H and O–H groups in total. The van der Waals surface area contributed by atoms with Gasteiger partial charge in [0, 0.05) is 11.6 Å². The van der Waals surface area contributed by atoms with Crippen LogP contribution in [0.1, 0.15) is 43.4 Å². The van der Waals surface area contributed by atoms with Crippen LogP contribution in [-0.2, 0) is 6.42 Å². The quantitative estimate of drug-likeness (QED) is 0.716. The molecule has 0 aliphatic carbocycles. The second-order valence-corrected chi connectivity index (χ2v) is 6.97. The molecule has 2 aromatic carbocycles. The third-order valence-corrected chi connectivity index (χ3v) is 4.66. The first-order chi connectivity index (χ1) is 11.3. The van der Waals surface area contributed by atoms with Gasteiger partial charge >= 0.3 is 0 Å². The normalized spacial score (nSPS) is 12.4. The van der Waals surface area contributed by atoms with Crippen molar-refractivity contribution in [1.29, 1.82) is 0 Å². The van der Waals surface area contributed by atoms with Gasteiger partial charge in [0.2, 0.25) is 0 Å². The first-order valence-corrected chi connectivity index (χ1v) is 8.59. The SMILES string of the molecule is C=C(C)C(Cc1ccc(C)c(-c2cc(C(C)C)ccc2O)c1)NC.